The van der Waals surface area contributed by atoms with E-state index in [1.807, 2.05) is 23.1 Å². The zero-order chi connectivity index (χ0) is 18.9. The lowest BCUT2D eigenvalue weighted by Crippen LogP contribution is -2.27. The summed E-state index contributed by atoms with van der Waals surface area (Å²) >= 11 is 1.65. The van der Waals surface area contributed by atoms with Crippen molar-refractivity contribution in [2.75, 3.05) is 24.9 Å². The van der Waals surface area contributed by atoms with Crippen LogP contribution >= 0.6 is 11.8 Å². The van der Waals surface area contributed by atoms with E-state index >= 15 is 0 Å². The maximum atomic E-state index is 12.6. The van der Waals surface area contributed by atoms with Gasteiger partial charge in [0.25, 0.3) is 0 Å². The molecule has 2 aromatic carbocycles. The number of hydrogen-bond acceptors (Lipinski definition) is 4. The summed E-state index contributed by atoms with van der Waals surface area (Å²) in [5, 5.41) is -0.0328. The highest BCUT2D eigenvalue weighted by Gasteiger charge is 2.34. The Kier molecular flexibility index (Phi) is 5.19. The number of amides is 1. The van der Waals surface area contributed by atoms with E-state index in [1.54, 1.807) is 26.0 Å². The minimum Gasteiger partial charge on any atom is -0.493 e. The number of hydrogen-bond donors (Lipinski definition) is 0. The molecule has 1 fully saturated rings. The Morgan fingerprint density at radius 1 is 1.00 bits per heavy atom. The second kappa shape index (κ2) is 7.23. The zero-order valence-electron chi connectivity index (χ0n) is 15.9. The van der Waals surface area contributed by atoms with E-state index < -0.39 is 0 Å². The van der Waals surface area contributed by atoms with Crippen molar-refractivity contribution >= 4 is 23.4 Å². The zero-order valence-corrected chi connectivity index (χ0v) is 16.7. The SMILES string of the molecule is COc1ccc(N2C(=O)CSC2c2ccc(C(C)(C)C)cc2)cc1OC. The van der Waals surface area contributed by atoms with Crippen molar-refractivity contribution in [2.24, 2.45) is 0 Å². The van der Waals surface area contributed by atoms with Crippen LogP contribution in [0.5, 0.6) is 11.5 Å². The van der Waals surface area contributed by atoms with Crippen molar-refractivity contribution < 1.29 is 14.3 Å². The smallest absolute Gasteiger partial charge is 0.238 e. The van der Waals surface area contributed by atoms with Crippen molar-refractivity contribution in [2.45, 2.75) is 31.6 Å². The first-order valence-electron chi connectivity index (χ1n) is 8.61. The number of ether oxygens (including phenoxy) is 2. The summed E-state index contributed by atoms with van der Waals surface area (Å²) in [6.45, 7) is 6.60. The van der Waals surface area contributed by atoms with Crippen LogP contribution in [0.25, 0.3) is 0 Å². The molecule has 0 radical (unpaired) electrons. The fourth-order valence-electron chi connectivity index (χ4n) is 3.07. The van der Waals surface area contributed by atoms with Gasteiger partial charge in [-0.25, -0.2) is 0 Å². The number of thioether (sulfide) groups is 1. The summed E-state index contributed by atoms with van der Waals surface area (Å²) in [5.74, 6) is 1.85. The van der Waals surface area contributed by atoms with Crippen LogP contribution in [0.3, 0.4) is 0 Å². The lowest BCUT2D eigenvalue weighted by molar-refractivity contribution is -0.115. The molecule has 1 heterocycles. The second-order valence-corrected chi connectivity index (χ2v) is 8.41. The van der Waals surface area contributed by atoms with Crippen LogP contribution < -0.4 is 14.4 Å². The Morgan fingerprint density at radius 3 is 2.23 bits per heavy atom. The average molecular weight is 372 g/mol. The predicted molar refractivity (Wildman–Crippen MR) is 107 cm³/mol. The third kappa shape index (κ3) is 3.54. The summed E-state index contributed by atoms with van der Waals surface area (Å²) in [7, 11) is 3.21. The summed E-state index contributed by atoms with van der Waals surface area (Å²) < 4.78 is 10.7. The number of methoxy groups -OCH3 is 2. The molecular formula is C21H25NO3S. The molecule has 0 spiro atoms. The van der Waals surface area contributed by atoms with Gasteiger partial charge < -0.3 is 9.47 Å². The van der Waals surface area contributed by atoms with Crippen LogP contribution in [0, 0.1) is 0 Å². The van der Waals surface area contributed by atoms with Crippen LogP contribution in [-0.2, 0) is 10.2 Å². The molecule has 0 N–H and O–H groups in total. The third-order valence-electron chi connectivity index (χ3n) is 4.58. The fraction of sp³-hybridized carbons (Fsp3) is 0.381. The normalized spacial score (nSPS) is 17.5. The number of carbonyl (C=O) groups is 1. The third-order valence-corrected chi connectivity index (χ3v) is 5.79. The maximum absolute atomic E-state index is 12.6. The van der Waals surface area contributed by atoms with Crippen molar-refractivity contribution in [1.29, 1.82) is 0 Å². The van der Waals surface area contributed by atoms with Gasteiger partial charge in [0.1, 0.15) is 5.37 Å². The summed E-state index contributed by atoms with van der Waals surface area (Å²) in [6.07, 6.45) is 0. The minimum atomic E-state index is -0.0328. The van der Waals surface area contributed by atoms with E-state index in [0.29, 0.717) is 17.3 Å². The standard InChI is InChI=1S/C21H25NO3S/c1-21(2,3)15-8-6-14(7-9-15)20-22(19(23)13-26-20)16-10-11-17(24-4)18(12-16)25-5/h6-12,20H,13H2,1-5H3. The number of nitrogens with zero attached hydrogens (tertiary/aromatic N) is 1. The van der Waals surface area contributed by atoms with Gasteiger partial charge in [0.15, 0.2) is 11.5 Å². The van der Waals surface area contributed by atoms with E-state index in [0.717, 1.165) is 11.3 Å². The summed E-state index contributed by atoms with van der Waals surface area (Å²) in [4.78, 5) is 14.4. The Labute approximate surface area is 159 Å². The molecule has 1 amide bonds. The fourth-order valence-corrected chi connectivity index (χ4v) is 4.25. The predicted octanol–water partition coefficient (Wildman–Crippen LogP) is 4.78. The van der Waals surface area contributed by atoms with Gasteiger partial charge in [-0.05, 0) is 28.7 Å². The van der Waals surface area contributed by atoms with Crippen LogP contribution in [-0.4, -0.2) is 25.9 Å². The number of rotatable bonds is 4. The molecule has 5 heteroatoms. The number of anilines is 1. The highest BCUT2D eigenvalue weighted by Crippen LogP contribution is 2.44. The molecule has 0 aliphatic carbocycles. The molecule has 1 atom stereocenters. The van der Waals surface area contributed by atoms with Gasteiger partial charge in [-0.15, -0.1) is 11.8 Å². The van der Waals surface area contributed by atoms with Gasteiger partial charge in [0.2, 0.25) is 5.91 Å². The van der Waals surface area contributed by atoms with E-state index in [-0.39, 0.29) is 16.7 Å². The highest BCUT2D eigenvalue weighted by molar-refractivity contribution is 8.00. The Balaban J connectivity index is 1.94. The van der Waals surface area contributed by atoms with Gasteiger partial charge in [-0.3, -0.25) is 9.69 Å². The molecule has 2 aromatic rings. The van der Waals surface area contributed by atoms with E-state index in [4.69, 9.17) is 9.47 Å². The summed E-state index contributed by atoms with van der Waals surface area (Å²) in [6, 6.07) is 14.2. The average Bonchev–Trinajstić information content (AvgIpc) is 3.02. The van der Waals surface area contributed by atoms with Crippen LogP contribution in [0.1, 0.15) is 37.3 Å². The molecule has 0 aromatic heterocycles. The quantitative estimate of drug-likeness (QED) is 0.775. The van der Waals surface area contributed by atoms with E-state index in [9.17, 15) is 4.79 Å². The topological polar surface area (TPSA) is 38.8 Å². The Hall–Kier alpha value is -2.14. The van der Waals surface area contributed by atoms with Crippen molar-refractivity contribution in [3.8, 4) is 11.5 Å². The van der Waals surface area contributed by atoms with E-state index in [1.165, 1.54) is 5.56 Å². The molecule has 26 heavy (non-hydrogen) atoms. The Morgan fingerprint density at radius 2 is 1.65 bits per heavy atom. The maximum Gasteiger partial charge on any atom is 0.238 e. The first-order valence-corrected chi connectivity index (χ1v) is 9.66. The largest absolute Gasteiger partial charge is 0.493 e. The molecule has 138 valence electrons. The first-order chi connectivity index (χ1) is 12.3. The van der Waals surface area contributed by atoms with Gasteiger partial charge in [-0.2, -0.15) is 0 Å². The Bertz CT molecular complexity index is 796. The molecule has 1 unspecified atom stereocenters. The van der Waals surface area contributed by atoms with Crippen molar-refractivity contribution in [1.82, 2.24) is 0 Å². The lowest BCUT2D eigenvalue weighted by Gasteiger charge is -2.26. The molecule has 0 saturated carbocycles. The molecule has 4 nitrogen and oxygen atoms in total. The van der Waals surface area contributed by atoms with E-state index in [2.05, 4.69) is 45.0 Å². The van der Waals surface area contributed by atoms with Crippen LogP contribution in [0.4, 0.5) is 5.69 Å². The first kappa shape index (κ1) is 18.6. The summed E-state index contributed by atoms with van der Waals surface area (Å²) in [5.41, 5.74) is 3.35. The van der Waals surface area contributed by atoms with Gasteiger partial charge >= 0.3 is 0 Å². The van der Waals surface area contributed by atoms with Crippen LogP contribution in [0.15, 0.2) is 42.5 Å². The van der Waals surface area contributed by atoms with Gasteiger partial charge in [-0.1, -0.05) is 45.0 Å². The number of carbonyl (C=O) groups excluding carboxylic acids is 1. The molecule has 1 aliphatic rings. The minimum absolute atomic E-state index is 0.0328. The molecule has 0 bridgehead atoms. The van der Waals surface area contributed by atoms with Crippen molar-refractivity contribution in [3.05, 3.63) is 53.6 Å². The van der Waals surface area contributed by atoms with Gasteiger partial charge in [0, 0.05) is 11.8 Å². The molecular weight excluding hydrogens is 346 g/mol. The highest BCUT2D eigenvalue weighted by atomic mass is 32.2. The molecule has 1 saturated heterocycles. The second-order valence-electron chi connectivity index (χ2n) is 7.34. The number of benzene rings is 2. The molecule has 3 rings (SSSR count). The van der Waals surface area contributed by atoms with Crippen molar-refractivity contribution in [3.63, 3.8) is 0 Å². The monoisotopic (exact) mass is 371 g/mol. The lowest BCUT2D eigenvalue weighted by atomic mass is 9.86. The van der Waals surface area contributed by atoms with Crippen LogP contribution in [0.2, 0.25) is 0 Å². The molecule has 1 aliphatic heterocycles. The van der Waals surface area contributed by atoms with Gasteiger partial charge in [0.05, 0.1) is 20.0 Å².